The van der Waals surface area contributed by atoms with Gasteiger partial charge in [-0.3, -0.25) is 14.4 Å². The van der Waals surface area contributed by atoms with Crippen LogP contribution < -0.4 is 10.9 Å². The molecule has 6 nitrogen and oxygen atoms in total. The zero-order valence-corrected chi connectivity index (χ0v) is 11.1. The van der Waals surface area contributed by atoms with E-state index in [4.69, 9.17) is 5.11 Å². The monoisotopic (exact) mass is 286 g/mol. The second-order valence-electron chi connectivity index (χ2n) is 4.42. The third-order valence-electron chi connectivity index (χ3n) is 2.94. The fourth-order valence-corrected chi connectivity index (χ4v) is 1.89. The summed E-state index contributed by atoms with van der Waals surface area (Å²) in [5.74, 6) is -1.43. The van der Waals surface area contributed by atoms with Gasteiger partial charge < -0.3 is 15.4 Å². The van der Waals surface area contributed by atoms with Gasteiger partial charge in [-0.05, 0) is 30.2 Å². The number of aliphatic carboxylic acids is 1. The van der Waals surface area contributed by atoms with E-state index in [2.05, 4.69) is 10.3 Å². The third kappa shape index (κ3) is 3.79. The Labute approximate surface area is 120 Å². The average molecular weight is 286 g/mol. The first-order valence-electron chi connectivity index (χ1n) is 6.36. The van der Waals surface area contributed by atoms with Gasteiger partial charge in [0.05, 0.1) is 0 Å². The summed E-state index contributed by atoms with van der Waals surface area (Å²) in [5, 5.41) is 11.4. The van der Waals surface area contributed by atoms with Gasteiger partial charge >= 0.3 is 5.97 Å². The molecule has 1 heterocycles. The highest BCUT2D eigenvalue weighted by Gasteiger charge is 2.12. The van der Waals surface area contributed by atoms with Crippen LogP contribution in [0.3, 0.4) is 0 Å². The normalized spacial score (nSPS) is 10.1. The van der Waals surface area contributed by atoms with Crippen LogP contribution in [0.2, 0.25) is 0 Å². The summed E-state index contributed by atoms with van der Waals surface area (Å²) in [6.45, 7) is 0. The molecule has 0 unspecified atom stereocenters. The second kappa shape index (κ2) is 6.51. The summed E-state index contributed by atoms with van der Waals surface area (Å²) < 4.78 is 0. The predicted octanol–water partition coefficient (Wildman–Crippen LogP) is 1.64. The summed E-state index contributed by atoms with van der Waals surface area (Å²) in [4.78, 5) is 36.7. The standard InChI is InChI=1S/C15H14N2O4/c18-13(19)8-7-10-4-1-2-6-12(10)17-15(21)11-5-3-9-16-14(11)20/h1-6,9H,7-8H2,(H,16,20)(H,17,21)(H,18,19). The van der Waals surface area contributed by atoms with E-state index in [0.717, 1.165) is 0 Å². The van der Waals surface area contributed by atoms with Crippen LogP contribution in [0.5, 0.6) is 0 Å². The number of rotatable bonds is 5. The van der Waals surface area contributed by atoms with Gasteiger partial charge in [-0.15, -0.1) is 0 Å². The summed E-state index contributed by atoms with van der Waals surface area (Å²) in [7, 11) is 0. The predicted molar refractivity (Wildman–Crippen MR) is 77.4 cm³/mol. The van der Waals surface area contributed by atoms with Gasteiger partial charge in [0.25, 0.3) is 11.5 Å². The number of H-pyrrole nitrogens is 1. The van der Waals surface area contributed by atoms with Crippen molar-refractivity contribution in [1.29, 1.82) is 0 Å². The van der Waals surface area contributed by atoms with Crippen molar-refractivity contribution in [2.75, 3.05) is 5.32 Å². The van der Waals surface area contributed by atoms with Crippen LogP contribution in [-0.2, 0) is 11.2 Å². The van der Waals surface area contributed by atoms with E-state index in [-0.39, 0.29) is 12.0 Å². The number of carboxylic acid groups (broad SMARTS) is 1. The number of hydrogen-bond acceptors (Lipinski definition) is 3. The fourth-order valence-electron chi connectivity index (χ4n) is 1.89. The number of aryl methyl sites for hydroxylation is 1. The molecule has 1 amide bonds. The number of pyridine rings is 1. The highest BCUT2D eigenvalue weighted by Crippen LogP contribution is 2.17. The summed E-state index contributed by atoms with van der Waals surface area (Å²) in [6, 6.07) is 9.90. The molecule has 0 radical (unpaired) electrons. The first-order chi connectivity index (χ1) is 10.1. The van der Waals surface area contributed by atoms with Crippen molar-refractivity contribution in [3.05, 3.63) is 64.1 Å². The molecule has 0 bridgehead atoms. The van der Waals surface area contributed by atoms with Gasteiger partial charge in [0, 0.05) is 18.3 Å². The third-order valence-corrected chi connectivity index (χ3v) is 2.94. The lowest BCUT2D eigenvalue weighted by Gasteiger charge is -2.10. The number of benzene rings is 1. The van der Waals surface area contributed by atoms with E-state index < -0.39 is 17.4 Å². The number of amides is 1. The maximum Gasteiger partial charge on any atom is 0.303 e. The Hall–Kier alpha value is -2.89. The van der Waals surface area contributed by atoms with E-state index in [1.807, 2.05) is 0 Å². The average Bonchev–Trinajstić information content (AvgIpc) is 2.46. The smallest absolute Gasteiger partial charge is 0.303 e. The van der Waals surface area contributed by atoms with Crippen molar-refractivity contribution in [3.63, 3.8) is 0 Å². The highest BCUT2D eigenvalue weighted by molar-refractivity contribution is 6.04. The van der Waals surface area contributed by atoms with Crippen LogP contribution in [0, 0.1) is 0 Å². The number of nitrogens with one attached hydrogen (secondary N) is 2. The molecule has 0 saturated carbocycles. The van der Waals surface area contributed by atoms with E-state index in [9.17, 15) is 14.4 Å². The molecule has 2 rings (SSSR count). The second-order valence-corrected chi connectivity index (χ2v) is 4.42. The van der Waals surface area contributed by atoms with Crippen LogP contribution >= 0.6 is 0 Å². The molecule has 0 atom stereocenters. The Morgan fingerprint density at radius 1 is 1.14 bits per heavy atom. The number of hydrogen-bond donors (Lipinski definition) is 3. The van der Waals surface area contributed by atoms with Gasteiger partial charge in [-0.1, -0.05) is 18.2 Å². The minimum atomic E-state index is -0.907. The molecular formula is C15H14N2O4. The van der Waals surface area contributed by atoms with Crippen LogP contribution in [0.25, 0.3) is 0 Å². The zero-order chi connectivity index (χ0) is 15.2. The maximum atomic E-state index is 12.1. The van der Waals surface area contributed by atoms with E-state index >= 15 is 0 Å². The minimum Gasteiger partial charge on any atom is -0.481 e. The van der Waals surface area contributed by atoms with Gasteiger partial charge in [0.1, 0.15) is 5.56 Å². The van der Waals surface area contributed by atoms with Crippen molar-refractivity contribution < 1.29 is 14.7 Å². The van der Waals surface area contributed by atoms with Gasteiger partial charge in [0.15, 0.2) is 0 Å². The van der Waals surface area contributed by atoms with Crippen molar-refractivity contribution in [2.24, 2.45) is 0 Å². The quantitative estimate of drug-likeness (QED) is 0.778. The van der Waals surface area contributed by atoms with Crippen molar-refractivity contribution in [1.82, 2.24) is 4.98 Å². The van der Waals surface area contributed by atoms with Crippen LogP contribution in [0.15, 0.2) is 47.4 Å². The fraction of sp³-hybridized carbons (Fsp3) is 0.133. The SMILES string of the molecule is O=C(O)CCc1ccccc1NC(=O)c1ccc[nH]c1=O. The lowest BCUT2D eigenvalue weighted by molar-refractivity contribution is -0.136. The Morgan fingerprint density at radius 2 is 1.90 bits per heavy atom. The van der Waals surface area contributed by atoms with Gasteiger partial charge in [-0.2, -0.15) is 0 Å². The van der Waals surface area contributed by atoms with Crippen LogP contribution in [0.1, 0.15) is 22.3 Å². The lowest BCUT2D eigenvalue weighted by Crippen LogP contribution is -2.23. The molecule has 1 aromatic carbocycles. The summed E-state index contributed by atoms with van der Waals surface area (Å²) in [6.07, 6.45) is 1.72. The molecule has 108 valence electrons. The van der Waals surface area contributed by atoms with Crippen molar-refractivity contribution in [3.8, 4) is 0 Å². The van der Waals surface area contributed by atoms with Crippen molar-refractivity contribution in [2.45, 2.75) is 12.8 Å². The number of aromatic amines is 1. The molecule has 0 aliphatic rings. The number of carbonyl (C=O) groups is 2. The molecule has 6 heteroatoms. The maximum absolute atomic E-state index is 12.1. The molecule has 3 N–H and O–H groups in total. The Balaban J connectivity index is 2.20. The highest BCUT2D eigenvalue weighted by atomic mass is 16.4. The van der Waals surface area contributed by atoms with Crippen LogP contribution in [-0.4, -0.2) is 22.0 Å². The van der Waals surface area contributed by atoms with E-state index in [0.29, 0.717) is 17.7 Å². The zero-order valence-electron chi connectivity index (χ0n) is 11.1. The Bertz CT molecular complexity index is 721. The molecule has 0 aliphatic carbocycles. The number of aromatic nitrogens is 1. The van der Waals surface area contributed by atoms with E-state index in [1.165, 1.54) is 12.3 Å². The molecule has 21 heavy (non-hydrogen) atoms. The largest absolute Gasteiger partial charge is 0.481 e. The lowest BCUT2D eigenvalue weighted by atomic mass is 10.1. The number of anilines is 1. The molecule has 0 fully saturated rings. The molecule has 0 spiro atoms. The number of carbonyl (C=O) groups excluding carboxylic acids is 1. The van der Waals surface area contributed by atoms with Crippen LogP contribution in [0.4, 0.5) is 5.69 Å². The molecule has 0 saturated heterocycles. The first-order valence-corrected chi connectivity index (χ1v) is 6.36. The molecule has 0 aliphatic heterocycles. The van der Waals surface area contributed by atoms with Gasteiger partial charge in [-0.25, -0.2) is 0 Å². The molecule has 1 aromatic heterocycles. The Morgan fingerprint density at radius 3 is 2.62 bits per heavy atom. The summed E-state index contributed by atoms with van der Waals surface area (Å²) >= 11 is 0. The molecule has 2 aromatic rings. The first kappa shape index (κ1) is 14.5. The Kier molecular flexibility index (Phi) is 4.50. The van der Waals surface area contributed by atoms with Crippen molar-refractivity contribution >= 4 is 17.6 Å². The van der Waals surface area contributed by atoms with Gasteiger partial charge in [0.2, 0.25) is 0 Å². The van der Waals surface area contributed by atoms with E-state index in [1.54, 1.807) is 30.3 Å². The molecular weight excluding hydrogens is 272 g/mol. The summed E-state index contributed by atoms with van der Waals surface area (Å²) in [5.41, 5.74) is 0.746. The minimum absolute atomic E-state index is 0.00513. The topological polar surface area (TPSA) is 99.3 Å². The number of carboxylic acids is 1. The number of para-hydroxylation sites is 1.